The lowest BCUT2D eigenvalue weighted by atomic mass is 9.85. The molecule has 0 saturated carbocycles. The van der Waals surface area contributed by atoms with Gasteiger partial charge in [-0.1, -0.05) is 55.5 Å². The summed E-state index contributed by atoms with van der Waals surface area (Å²) >= 11 is 0. The number of nitrogens with one attached hydrogen (secondary N) is 2. The molecule has 1 unspecified atom stereocenters. The van der Waals surface area contributed by atoms with Gasteiger partial charge in [0, 0.05) is 48.1 Å². The van der Waals surface area contributed by atoms with Gasteiger partial charge in [0.05, 0.1) is 5.60 Å². The molecule has 222 valence electrons. The third-order valence-electron chi connectivity index (χ3n) is 8.09. The Balaban J connectivity index is 1.70. The smallest absolute Gasteiger partial charge is 0.274 e. The summed E-state index contributed by atoms with van der Waals surface area (Å²) < 4.78 is 7.98. The molecule has 1 amide bonds. The first-order valence-corrected chi connectivity index (χ1v) is 14.7. The number of carbonyl (C=O) groups is 1. The van der Waals surface area contributed by atoms with E-state index >= 15 is 0 Å². The zero-order chi connectivity index (χ0) is 30.7. The predicted molar refractivity (Wildman–Crippen MR) is 170 cm³/mol. The highest BCUT2D eigenvalue weighted by molar-refractivity contribution is 6.03. The van der Waals surface area contributed by atoms with E-state index in [4.69, 9.17) is 9.72 Å². The van der Waals surface area contributed by atoms with Crippen LogP contribution in [0.4, 0.5) is 0 Å². The Morgan fingerprint density at radius 3 is 2.44 bits per heavy atom. The molecule has 5 rings (SSSR count). The summed E-state index contributed by atoms with van der Waals surface area (Å²) in [6.45, 7) is 8.21. The van der Waals surface area contributed by atoms with E-state index in [9.17, 15) is 14.7 Å². The van der Waals surface area contributed by atoms with Gasteiger partial charge in [0.1, 0.15) is 17.0 Å². The monoisotopic (exact) mass is 578 g/mol. The Hall–Kier alpha value is -4.69. The Morgan fingerprint density at radius 1 is 1.05 bits per heavy atom. The molecular weight excluding hydrogens is 540 g/mol. The average Bonchev–Trinajstić information content (AvgIpc) is 3.47. The standard InChI is InChI=1S/C35H38N4O4/c1-6-35(42,17-16-24-14-9-8-10-15-24)25-18-27(33(37-20-25)43-31-22(3)12-11-13-23(31)4)28-21-39(5)34(41)30-26(28)19-29(38-30)32(40)36-7-2/h8-15,18-21,38,42H,6-7,16-17H2,1-5H3,(H,36,40). The number of aromatic amines is 1. The lowest BCUT2D eigenvalue weighted by molar-refractivity contribution is 0.0233. The molecule has 0 radical (unpaired) electrons. The number of pyridine rings is 2. The van der Waals surface area contributed by atoms with Crippen molar-refractivity contribution in [3.8, 4) is 22.8 Å². The molecule has 0 aliphatic heterocycles. The summed E-state index contributed by atoms with van der Waals surface area (Å²) in [5.74, 6) is 0.729. The molecule has 8 heteroatoms. The molecule has 0 spiro atoms. The fraction of sp³-hybridized carbons (Fsp3) is 0.286. The van der Waals surface area contributed by atoms with E-state index < -0.39 is 5.60 Å². The number of carbonyl (C=O) groups excluding carboxylic acids is 1. The number of para-hydroxylation sites is 1. The van der Waals surface area contributed by atoms with Crippen molar-refractivity contribution in [1.29, 1.82) is 0 Å². The molecule has 5 aromatic rings. The van der Waals surface area contributed by atoms with E-state index in [-0.39, 0.29) is 17.2 Å². The maximum Gasteiger partial charge on any atom is 0.274 e. The van der Waals surface area contributed by atoms with Crippen molar-refractivity contribution < 1.29 is 14.6 Å². The van der Waals surface area contributed by atoms with Crippen LogP contribution in [-0.2, 0) is 19.1 Å². The highest BCUT2D eigenvalue weighted by Crippen LogP contribution is 2.40. The fourth-order valence-electron chi connectivity index (χ4n) is 5.49. The van der Waals surface area contributed by atoms with E-state index in [0.29, 0.717) is 65.0 Å². The number of rotatable bonds is 10. The van der Waals surface area contributed by atoms with E-state index in [2.05, 4.69) is 22.4 Å². The van der Waals surface area contributed by atoms with Crippen LogP contribution in [0, 0.1) is 13.8 Å². The second kappa shape index (κ2) is 12.3. The van der Waals surface area contributed by atoms with Crippen LogP contribution >= 0.6 is 0 Å². The van der Waals surface area contributed by atoms with E-state index in [0.717, 1.165) is 16.7 Å². The fourth-order valence-corrected chi connectivity index (χ4v) is 5.49. The van der Waals surface area contributed by atoms with Gasteiger partial charge in [-0.2, -0.15) is 0 Å². The topological polar surface area (TPSA) is 109 Å². The van der Waals surface area contributed by atoms with Crippen molar-refractivity contribution in [2.75, 3.05) is 6.54 Å². The summed E-state index contributed by atoms with van der Waals surface area (Å²) in [6.07, 6.45) is 5.08. The van der Waals surface area contributed by atoms with Crippen LogP contribution in [0.3, 0.4) is 0 Å². The number of fused-ring (bicyclic) bond motifs is 1. The van der Waals surface area contributed by atoms with E-state index in [1.54, 1.807) is 25.5 Å². The van der Waals surface area contributed by atoms with Crippen molar-refractivity contribution in [2.45, 2.75) is 52.6 Å². The first-order valence-electron chi connectivity index (χ1n) is 14.7. The molecule has 3 N–H and O–H groups in total. The molecule has 43 heavy (non-hydrogen) atoms. The highest BCUT2D eigenvalue weighted by atomic mass is 16.5. The van der Waals surface area contributed by atoms with Crippen molar-refractivity contribution in [1.82, 2.24) is 19.9 Å². The van der Waals surface area contributed by atoms with Crippen LogP contribution in [-0.4, -0.2) is 32.1 Å². The number of H-pyrrole nitrogens is 1. The SMILES string of the molecule is CCNC(=O)c1cc2c(-c3cc(C(O)(CC)CCc4ccccc4)cnc3Oc3c(C)cccc3C)cn(C)c(=O)c2[nH]1. The minimum absolute atomic E-state index is 0.261. The lowest BCUT2D eigenvalue weighted by Crippen LogP contribution is -2.26. The number of aromatic nitrogens is 3. The molecular formula is C35H38N4O4. The summed E-state index contributed by atoms with van der Waals surface area (Å²) in [5.41, 5.74) is 4.14. The first-order chi connectivity index (χ1) is 20.6. The second-order valence-electron chi connectivity index (χ2n) is 11.1. The molecule has 0 fully saturated rings. The van der Waals surface area contributed by atoms with Crippen LogP contribution in [0.2, 0.25) is 0 Å². The van der Waals surface area contributed by atoms with Crippen molar-refractivity contribution in [2.24, 2.45) is 7.05 Å². The molecule has 2 aromatic carbocycles. The van der Waals surface area contributed by atoms with Crippen LogP contribution in [0.15, 0.2) is 77.9 Å². The molecule has 0 saturated heterocycles. The van der Waals surface area contributed by atoms with Crippen LogP contribution in [0.25, 0.3) is 22.0 Å². The number of amides is 1. The Morgan fingerprint density at radius 2 is 1.77 bits per heavy atom. The minimum Gasteiger partial charge on any atom is -0.438 e. The number of aryl methyl sites for hydroxylation is 4. The van der Waals surface area contributed by atoms with Crippen LogP contribution < -0.4 is 15.6 Å². The van der Waals surface area contributed by atoms with E-state index in [1.165, 1.54) is 4.57 Å². The minimum atomic E-state index is -1.15. The van der Waals surface area contributed by atoms with Gasteiger partial charge in [-0.3, -0.25) is 9.59 Å². The molecule has 1 atom stereocenters. The van der Waals surface area contributed by atoms with Gasteiger partial charge >= 0.3 is 0 Å². The van der Waals surface area contributed by atoms with Gasteiger partial charge in [-0.15, -0.1) is 0 Å². The first kappa shape index (κ1) is 29.8. The van der Waals surface area contributed by atoms with Crippen LogP contribution in [0.1, 0.15) is 59.4 Å². The Bertz CT molecular complexity index is 1820. The largest absolute Gasteiger partial charge is 0.438 e. The van der Waals surface area contributed by atoms with Gasteiger partial charge in [-0.25, -0.2) is 4.98 Å². The van der Waals surface area contributed by atoms with Crippen LogP contribution in [0.5, 0.6) is 11.6 Å². The van der Waals surface area contributed by atoms with Gasteiger partial charge in [0.25, 0.3) is 11.5 Å². The van der Waals surface area contributed by atoms with Gasteiger partial charge in [0.15, 0.2) is 0 Å². The molecule has 3 heterocycles. The lowest BCUT2D eigenvalue weighted by Gasteiger charge is -2.28. The van der Waals surface area contributed by atoms with Crippen molar-refractivity contribution in [3.63, 3.8) is 0 Å². The van der Waals surface area contributed by atoms with Gasteiger partial charge in [-0.05, 0) is 68.9 Å². The third kappa shape index (κ3) is 5.96. The van der Waals surface area contributed by atoms with Gasteiger partial charge in [0.2, 0.25) is 5.88 Å². The number of ether oxygens (including phenoxy) is 1. The number of benzene rings is 2. The van der Waals surface area contributed by atoms with E-state index in [1.807, 2.05) is 70.2 Å². The number of hydrogen-bond donors (Lipinski definition) is 3. The second-order valence-corrected chi connectivity index (χ2v) is 11.1. The molecule has 8 nitrogen and oxygen atoms in total. The Kier molecular flexibility index (Phi) is 8.50. The molecule has 0 bridgehead atoms. The zero-order valence-corrected chi connectivity index (χ0v) is 25.3. The highest BCUT2D eigenvalue weighted by Gasteiger charge is 2.30. The third-order valence-corrected chi connectivity index (χ3v) is 8.09. The molecule has 3 aromatic heterocycles. The molecule has 0 aliphatic rings. The van der Waals surface area contributed by atoms with Crippen molar-refractivity contribution in [3.05, 3.63) is 111 Å². The predicted octanol–water partition coefficient (Wildman–Crippen LogP) is 6.32. The van der Waals surface area contributed by atoms with Crippen molar-refractivity contribution >= 4 is 16.8 Å². The summed E-state index contributed by atoms with van der Waals surface area (Å²) in [4.78, 5) is 33.7. The number of nitrogens with zero attached hydrogens (tertiary/aromatic N) is 2. The molecule has 0 aliphatic carbocycles. The maximum atomic E-state index is 13.2. The Labute approximate surface area is 251 Å². The number of aliphatic hydroxyl groups is 1. The zero-order valence-electron chi connectivity index (χ0n) is 25.3. The quantitative estimate of drug-likeness (QED) is 0.180. The summed E-state index contributed by atoms with van der Waals surface area (Å²) in [6, 6.07) is 19.6. The summed E-state index contributed by atoms with van der Waals surface area (Å²) in [5, 5.41) is 15.3. The summed E-state index contributed by atoms with van der Waals surface area (Å²) in [7, 11) is 1.67. The number of hydrogen-bond acceptors (Lipinski definition) is 5. The normalized spacial score (nSPS) is 12.7. The maximum absolute atomic E-state index is 13.2. The average molecular weight is 579 g/mol. The van der Waals surface area contributed by atoms with Gasteiger partial charge < -0.3 is 24.7 Å².